The monoisotopic (exact) mass is 561 g/mol. The number of benzene rings is 2. The number of allylic oxidation sites excluding steroid dienone is 1. The molecule has 6 rings (SSSR count). The first-order valence-electron chi connectivity index (χ1n) is 14.9. The van der Waals surface area contributed by atoms with Gasteiger partial charge in [0.15, 0.2) is 5.82 Å². The summed E-state index contributed by atoms with van der Waals surface area (Å²) in [5.74, 6) is 1.01. The summed E-state index contributed by atoms with van der Waals surface area (Å²) >= 11 is 0. The van der Waals surface area contributed by atoms with Crippen LogP contribution in [0.5, 0.6) is 0 Å². The highest BCUT2D eigenvalue weighted by atomic mass is 16.1. The number of fused-ring (bicyclic) bond motifs is 1. The number of amides is 1. The predicted molar refractivity (Wildman–Crippen MR) is 162 cm³/mol. The van der Waals surface area contributed by atoms with Crippen molar-refractivity contribution in [3.8, 4) is 22.5 Å². The molecule has 1 N–H and O–H groups in total. The number of imidazole rings is 1. The van der Waals surface area contributed by atoms with Crippen molar-refractivity contribution in [1.82, 2.24) is 30.2 Å². The van der Waals surface area contributed by atoms with Gasteiger partial charge in [0.05, 0.1) is 17.1 Å². The van der Waals surface area contributed by atoms with Crippen LogP contribution in [-0.4, -0.2) is 48.1 Å². The third-order valence-corrected chi connectivity index (χ3v) is 8.42. The number of hydrogen-bond donors (Lipinski definition) is 1. The molecule has 0 radical (unpaired) electrons. The van der Waals surface area contributed by atoms with Gasteiger partial charge in [0.25, 0.3) is 0 Å². The lowest BCUT2D eigenvalue weighted by atomic mass is 9.79. The molecule has 2 aliphatic rings. The first-order chi connectivity index (χ1) is 20.6. The van der Waals surface area contributed by atoms with E-state index in [1.165, 1.54) is 0 Å². The topological polar surface area (TPSA) is 119 Å². The number of aromatic nitrogens is 6. The molecule has 4 aromatic rings. The van der Waals surface area contributed by atoms with E-state index in [2.05, 4.69) is 67.4 Å². The van der Waals surface area contributed by atoms with E-state index in [1.54, 1.807) is 0 Å². The van der Waals surface area contributed by atoms with Gasteiger partial charge in [0.1, 0.15) is 12.1 Å². The Morgan fingerprint density at radius 1 is 1.07 bits per heavy atom. The van der Waals surface area contributed by atoms with Crippen LogP contribution in [0.15, 0.2) is 59.6 Å². The van der Waals surface area contributed by atoms with E-state index in [0.29, 0.717) is 18.8 Å². The van der Waals surface area contributed by atoms with Crippen LogP contribution in [0.25, 0.3) is 28.6 Å². The Hall–Kier alpha value is -4.53. The minimum Gasteiger partial charge on any atom is -0.327 e. The molecule has 1 fully saturated rings. The average Bonchev–Trinajstić information content (AvgIpc) is 3.69. The van der Waals surface area contributed by atoms with Crippen molar-refractivity contribution < 1.29 is 9.59 Å². The Labute approximate surface area is 245 Å². The highest BCUT2D eigenvalue weighted by Crippen LogP contribution is 2.32. The second kappa shape index (κ2) is 12.5. The molecule has 1 saturated carbocycles. The van der Waals surface area contributed by atoms with Gasteiger partial charge in [0.2, 0.25) is 5.91 Å². The number of hydrogen-bond acceptors (Lipinski definition) is 6. The Kier molecular flexibility index (Phi) is 8.26. The Bertz CT molecular complexity index is 1620. The van der Waals surface area contributed by atoms with Crippen LogP contribution in [0.2, 0.25) is 0 Å². The van der Waals surface area contributed by atoms with Crippen LogP contribution in [0.1, 0.15) is 68.2 Å². The van der Waals surface area contributed by atoms with Gasteiger partial charge < -0.3 is 9.36 Å². The van der Waals surface area contributed by atoms with Gasteiger partial charge in [-0.15, -0.1) is 5.10 Å². The van der Waals surface area contributed by atoms with Gasteiger partial charge in [0, 0.05) is 36.8 Å². The number of carbonyl (C=O) groups excluding carboxylic acids is 2. The minimum atomic E-state index is -0.299. The number of H-pyrrole nitrogens is 1. The zero-order valence-electron chi connectivity index (χ0n) is 23.9. The van der Waals surface area contributed by atoms with E-state index < -0.39 is 0 Å². The van der Waals surface area contributed by atoms with Gasteiger partial charge in [-0.2, -0.15) is 0 Å². The van der Waals surface area contributed by atoms with Crippen molar-refractivity contribution >= 4 is 24.0 Å². The molecule has 0 aliphatic heterocycles. The van der Waals surface area contributed by atoms with Crippen LogP contribution in [-0.2, 0) is 29.0 Å². The second-order valence-corrected chi connectivity index (χ2v) is 11.2. The highest BCUT2D eigenvalue weighted by Gasteiger charge is 2.31. The third-order valence-electron chi connectivity index (χ3n) is 8.42. The molecule has 2 aliphatic carbocycles. The van der Waals surface area contributed by atoms with Crippen molar-refractivity contribution in [3.05, 3.63) is 77.4 Å². The molecule has 1 amide bonds. The van der Waals surface area contributed by atoms with E-state index in [9.17, 15) is 9.59 Å². The van der Waals surface area contributed by atoms with Gasteiger partial charge in [-0.3, -0.25) is 4.79 Å². The molecule has 214 valence electrons. The fourth-order valence-electron chi connectivity index (χ4n) is 6.11. The van der Waals surface area contributed by atoms with E-state index in [1.807, 2.05) is 30.4 Å². The molecule has 0 spiro atoms. The Balaban J connectivity index is 1.26. The predicted octanol–water partition coefficient (Wildman–Crippen LogP) is 5.66. The summed E-state index contributed by atoms with van der Waals surface area (Å²) in [6.07, 6.45) is 11.9. The lowest BCUT2D eigenvalue weighted by Gasteiger charge is -2.25. The molecule has 2 heterocycles. The standard InChI is InChI=1S/C33H35N7O2/c1-2-3-12-31-35-29-18-17-25(34-33(42)27-10-5-4-8-24(27)21-41)19-30(29)40(31)20-22-13-15-23(16-14-22)26-9-6-7-11-28(26)32-36-38-39-37-32/h6-7,9,11,13-18,21,24,27H,2-5,8,10,12,19-20H2,1H3,(H,36,37,38,39)/t24-,27-/m1/s1. The van der Waals surface area contributed by atoms with Gasteiger partial charge in [-0.1, -0.05) is 74.7 Å². The average molecular weight is 562 g/mol. The van der Waals surface area contributed by atoms with Gasteiger partial charge in [-0.25, -0.2) is 15.1 Å². The number of nitrogens with one attached hydrogen (secondary N) is 1. The molecular weight excluding hydrogens is 526 g/mol. The van der Waals surface area contributed by atoms with Gasteiger partial charge >= 0.3 is 0 Å². The van der Waals surface area contributed by atoms with Crippen LogP contribution < -0.4 is 0 Å². The fraction of sp³-hybridized carbons (Fsp3) is 0.364. The van der Waals surface area contributed by atoms with E-state index >= 15 is 0 Å². The number of carbonyl (C=O) groups is 2. The molecule has 2 atom stereocenters. The number of nitrogens with zero attached hydrogens (tertiary/aromatic N) is 6. The summed E-state index contributed by atoms with van der Waals surface area (Å²) in [4.78, 5) is 34.2. The van der Waals surface area contributed by atoms with Crippen LogP contribution in [0, 0.1) is 11.8 Å². The summed E-state index contributed by atoms with van der Waals surface area (Å²) in [7, 11) is 0. The molecule has 2 aromatic heterocycles. The molecule has 42 heavy (non-hydrogen) atoms. The molecule has 9 heteroatoms. The lowest BCUT2D eigenvalue weighted by molar-refractivity contribution is -0.128. The van der Waals surface area contributed by atoms with Crippen molar-refractivity contribution in [1.29, 1.82) is 0 Å². The zero-order chi connectivity index (χ0) is 28.9. The van der Waals surface area contributed by atoms with Crippen LogP contribution in [0.3, 0.4) is 0 Å². The lowest BCUT2D eigenvalue weighted by Crippen LogP contribution is -2.28. The van der Waals surface area contributed by atoms with E-state index in [4.69, 9.17) is 4.98 Å². The van der Waals surface area contributed by atoms with Crippen LogP contribution in [0.4, 0.5) is 0 Å². The molecule has 2 aromatic carbocycles. The normalized spacial score (nSPS) is 19.1. The molecule has 9 nitrogen and oxygen atoms in total. The highest BCUT2D eigenvalue weighted by molar-refractivity contribution is 6.07. The van der Waals surface area contributed by atoms with Crippen molar-refractivity contribution in [2.24, 2.45) is 16.8 Å². The summed E-state index contributed by atoms with van der Waals surface area (Å²) in [6.45, 7) is 2.87. The number of tetrazole rings is 1. The van der Waals surface area contributed by atoms with E-state index in [0.717, 1.165) is 96.4 Å². The maximum Gasteiger partial charge on any atom is 0.249 e. The molecule has 0 bridgehead atoms. The SMILES string of the molecule is CCCCc1nc2c(n1Cc1ccc(-c3ccccc3-c3nnn[nH]3)cc1)CC(=NC(=O)[C@@H]1CCCC[C@@H]1C=O)C=C2. The third kappa shape index (κ3) is 5.77. The first-order valence-corrected chi connectivity index (χ1v) is 14.9. The quantitative estimate of drug-likeness (QED) is 0.263. The Morgan fingerprint density at radius 2 is 1.88 bits per heavy atom. The minimum absolute atomic E-state index is 0.163. The summed E-state index contributed by atoms with van der Waals surface area (Å²) in [6, 6.07) is 16.6. The fourth-order valence-corrected chi connectivity index (χ4v) is 6.11. The number of aryl methyl sites for hydroxylation is 1. The summed E-state index contributed by atoms with van der Waals surface area (Å²) in [5, 5.41) is 14.4. The molecule has 0 saturated heterocycles. The molecule has 0 unspecified atom stereocenters. The van der Waals surface area contributed by atoms with Crippen LogP contribution >= 0.6 is 0 Å². The maximum atomic E-state index is 13.1. The number of aldehydes is 1. The second-order valence-electron chi connectivity index (χ2n) is 11.2. The smallest absolute Gasteiger partial charge is 0.249 e. The van der Waals surface area contributed by atoms with E-state index in [-0.39, 0.29) is 17.7 Å². The van der Waals surface area contributed by atoms with Crippen molar-refractivity contribution in [2.45, 2.75) is 64.8 Å². The largest absolute Gasteiger partial charge is 0.327 e. The first kappa shape index (κ1) is 27.6. The van der Waals surface area contributed by atoms with Gasteiger partial charge in [-0.05, 0) is 58.5 Å². The molecular formula is C33H35N7O2. The van der Waals surface area contributed by atoms with Crippen molar-refractivity contribution in [2.75, 3.05) is 0 Å². The number of aliphatic imine (C=N–C) groups is 1. The number of aromatic amines is 1. The summed E-state index contributed by atoms with van der Waals surface area (Å²) in [5.41, 5.74) is 7.01. The zero-order valence-corrected chi connectivity index (χ0v) is 23.9. The number of rotatable bonds is 9. The number of unbranched alkanes of at least 4 members (excludes halogenated alkanes) is 1. The van der Waals surface area contributed by atoms with Crippen molar-refractivity contribution in [3.63, 3.8) is 0 Å². The summed E-state index contributed by atoms with van der Waals surface area (Å²) < 4.78 is 2.30. The Morgan fingerprint density at radius 3 is 2.64 bits per heavy atom. The maximum absolute atomic E-state index is 13.1.